The van der Waals surface area contributed by atoms with Crippen molar-refractivity contribution in [1.29, 1.82) is 0 Å². The fourth-order valence-corrected chi connectivity index (χ4v) is 5.19. The average Bonchev–Trinajstić information content (AvgIpc) is 3.43. The molecule has 2 heterocycles. The van der Waals surface area contributed by atoms with E-state index in [1.54, 1.807) is 6.92 Å². The summed E-state index contributed by atoms with van der Waals surface area (Å²) in [6.45, 7) is 5.17. The van der Waals surface area contributed by atoms with E-state index in [0.717, 1.165) is 60.2 Å². The number of benzene rings is 4. The number of amidine groups is 1. The van der Waals surface area contributed by atoms with Crippen LogP contribution in [-0.2, 0) is 16.1 Å². The lowest BCUT2D eigenvalue weighted by molar-refractivity contribution is -0.111. The monoisotopic (exact) mass is 532 g/mol. The van der Waals surface area contributed by atoms with E-state index in [-0.39, 0.29) is 5.78 Å². The third kappa shape index (κ3) is 5.28. The van der Waals surface area contributed by atoms with Gasteiger partial charge in [-0.1, -0.05) is 66.7 Å². The number of para-hydroxylation sites is 2. The van der Waals surface area contributed by atoms with Crippen molar-refractivity contribution in [3.05, 3.63) is 120 Å². The van der Waals surface area contributed by atoms with Gasteiger partial charge in [0.15, 0.2) is 17.8 Å². The number of Topliss-reactive ketones (excluding diaryl/α,β-unsaturated/α-hetero) is 1. The quantitative estimate of drug-likeness (QED) is 0.276. The van der Waals surface area contributed by atoms with Gasteiger partial charge in [-0.2, -0.15) is 0 Å². The van der Waals surface area contributed by atoms with Crippen LogP contribution in [0.5, 0.6) is 5.75 Å². The lowest BCUT2D eigenvalue weighted by Crippen LogP contribution is -2.38. The largest absolute Gasteiger partial charge is 0.488 e. The first kappa shape index (κ1) is 25.6. The van der Waals surface area contributed by atoms with Crippen LogP contribution in [-0.4, -0.2) is 37.9 Å². The summed E-state index contributed by atoms with van der Waals surface area (Å²) in [5.41, 5.74) is 4.90. The molecule has 0 spiro atoms. The summed E-state index contributed by atoms with van der Waals surface area (Å²) < 4.78 is 11.9. The molecule has 2 aliphatic rings. The Morgan fingerprint density at radius 1 is 0.800 bits per heavy atom. The summed E-state index contributed by atoms with van der Waals surface area (Å²) in [7, 11) is 0. The second-order valence-corrected chi connectivity index (χ2v) is 9.83. The van der Waals surface area contributed by atoms with Gasteiger partial charge >= 0.3 is 0 Å². The molecule has 202 valence electrons. The molecule has 1 saturated heterocycles. The number of hydrazone groups is 1. The Morgan fingerprint density at radius 2 is 1.43 bits per heavy atom. The number of hydrogen-bond donors (Lipinski definition) is 0. The molecule has 4 aromatic carbocycles. The highest BCUT2D eigenvalue weighted by molar-refractivity contribution is 6.44. The third-order valence-electron chi connectivity index (χ3n) is 7.18. The van der Waals surface area contributed by atoms with Gasteiger partial charge in [-0.3, -0.25) is 9.69 Å². The van der Waals surface area contributed by atoms with Crippen molar-refractivity contribution in [2.24, 2.45) is 5.10 Å². The molecule has 2 aliphatic heterocycles. The second-order valence-electron chi connectivity index (χ2n) is 9.83. The van der Waals surface area contributed by atoms with E-state index in [1.807, 2.05) is 88.8 Å². The van der Waals surface area contributed by atoms with Crippen LogP contribution in [0.4, 0.5) is 17.1 Å². The average molecular weight is 533 g/mol. The molecule has 0 radical (unpaired) electrons. The highest BCUT2D eigenvalue weighted by Crippen LogP contribution is 2.42. The first-order chi connectivity index (χ1) is 19.7. The van der Waals surface area contributed by atoms with E-state index < -0.39 is 6.17 Å². The predicted molar refractivity (Wildman–Crippen MR) is 159 cm³/mol. The minimum absolute atomic E-state index is 0.108. The molecule has 1 fully saturated rings. The van der Waals surface area contributed by atoms with E-state index in [4.69, 9.17) is 14.6 Å². The van der Waals surface area contributed by atoms with E-state index in [9.17, 15) is 4.79 Å². The highest BCUT2D eigenvalue weighted by atomic mass is 16.5. The van der Waals surface area contributed by atoms with E-state index >= 15 is 0 Å². The van der Waals surface area contributed by atoms with Crippen LogP contribution in [0.15, 0.2) is 114 Å². The van der Waals surface area contributed by atoms with Gasteiger partial charge in [-0.05, 0) is 48.0 Å². The zero-order chi connectivity index (χ0) is 27.3. The van der Waals surface area contributed by atoms with Crippen molar-refractivity contribution in [2.45, 2.75) is 19.7 Å². The lowest BCUT2D eigenvalue weighted by atomic mass is 10.1. The fraction of sp³-hybridized carbons (Fsp3) is 0.212. The summed E-state index contributed by atoms with van der Waals surface area (Å²) in [4.78, 5) is 17.4. The fourth-order valence-electron chi connectivity index (χ4n) is 5.19. The lowest BCUT2D eigenvalue weighted by Gasteiger charge is -2.33. The number of carbonyl (C=O) groups excluding carboxylic acids is 1. The Balaban J connectivity index is 1.41. The molecule has 4 aromatic rings. The zero-order valence-corrected chi connectivity index (χ0v) is 22.5. The smallest absolute Gasteiger partial charge is 0.198 e. The summed E-state index contributed by atoms with van der Waals surface area (Å²) in [5.74, 6) is 1.02. The minimum Gasteiger partial charge on any atom is -0.488 e. The van der Waals surface area contributed by atoms with Crippen molar-refractivity contribution in [3.8, 4) is 5.75 Å². The topological polar surface area (TPSA) is 57.6 Å². The van der Waals surface area contributed by atoms with Crippen LogP contribution in [0, 0.1) is 0 Å². The third-order valence-corrected chi connectivity index (χ3v) is 7.18. The summed E-state index contributed by atoms with van der Waals surface area (Å²) in [6, 6.07) is 36.4. The molecule has 0 N–H and O–H groups in total. The van der Waals surface area contributed by atoms with Gasteiger partial charge < -0.3 is 14.4 Å². The van der Waals surface area contributed by atoms with Crippen LogP contribution in [0.3, 0.4) is 0 Å². The molecule has 0 amide bonds. The van der Waals surface area contributed by atoms with Crippen LogP contribution >= 0.6 is 0 Å². The van der Waals surface area contributed by atoms with Gasteiger partial charge in [0.05, 0.1) is 18.9 Å². The first-order valence-corrected chi connectivity index (χ1v) is 13.6. The normalized spacial score (nSPS) is 17.1. The van der Waals surface area contributed by atoms with Crippen molar-refractivity contribution in [3.63, 3.8) is 0 Å². The Labute approximate surface area is 234 Å². The number of ether oxygens (including phenoxy) is 2. The molecule has 7 heteroatoms. The van der Waals surface area contributed by atoms with Crippen molar-refractivity contribution >= 4 is 28.7 Å². The van der Waals surface area contributed by atoms with Crippen LogP contribution < -0.4 is 19.5 Å². The van der Waals surface area contributed by atoms with Crippen LogP contribution in [0.25, 0.3) is 0 Å². The molecular formula is C33H32N4O3. The van der Waals surface area contributed by atoms with Crippen molar-refractivity contribution < 1.29 is 14.3 Å². The number of nitrogens with zero attached hydrogens (tertiary/aromatic N) is 4. The van der Waals surface area contributed by atoms with Gasteiger partial charge in [0.2, 0.25) is 0 Å². The van der Waals surface area contributed by atoms with E-state index in [2.05, 4.69) is 35.2 Å². The molecule has 0 aromatic heterocycles. The molecule has 0 bridgehead atoms. The Kier molecular flexibility index (Phi) is 7.46. The molecule has 0 aliphatic carbocycles. The SMILES string of the molecule is CC(=O)C1=NN(c2ccccc2)[C@H](c2ccccc2OCc2ccccc2)N1c1ccc(N2CCOCC2)cc1. The van der Waals surface area contributed by atoms with E-state index in [1.165, 1.54) is 0 Å². The molecule has 40 heavy (non-hydrogen) atoms. The van der Waals surface area contributed by atoms with Crippen LogP contribution in [0.1, 0.15) is 24.2 Å². The maximum absolute atomic E-state index is 13.0. The van der Waals surface area contributed by atoms with Gasteiger partial charge in [0.1, 0.15) is 12.4 Å². The Hall–Kier alpha value is -4.62. The highest BCUT2D eigenvalue weighted by Gasteiger charge is 2.40. The molecular weight excluding hydrogens is 500 g/mol. The molecule has 1 atom stereocenters. The first-order valence-electron chi connectivity index (χ1n) is 13.6. The zero-order valence-electron chi connectivity index (χ0n) is 22.5. The molecule has 7 nitrogen and oxygen atoms in total. The molecule has 0 saturated carbocycles. The summed E-state index contributed by atoms with van der Waals surface area (Å²) in [6.07, 6.45) is -0.428. The Bertz CT molecular complexity index is 1470. The maximum Gasteiger partial charge on any atom is 0.198 e. The number of morpholine rings is 1. The maximum atomic E-state index is 13.0. The number of rotatable bonds is 8. The number of anilines is 3. The summed E-state index contributed by atoms with van der Waals surface area (Å²) >= 11 is 0. The van der Waals surface area contributed by atoms with E-state index in [0.29, 0.717) is 12.4 Å². The second kappa shape index (κ2) is 11.6. The minimum atomic E-state index is -0.428. The van der Waals surface area contributed by atoms with Gasteiger partial charge in [-0.25, -0.2) is 5.01 Å². The molecule has 6 rings (SSSR count). The van der Waals surface area contributed by atoms with Gasteiger partial charge in [0, 0.05) is 37.0 Å². The van der Waals surface area contributed by atoms with Gasteiger partial charge in [0.25, 0.3) is 0 Å². The number of ketones is 1. The Morgan fingerprint density at radius 3 is 2.12 bits per heavy atom. The van der Waals surface area contributed by atoms with Crippen molar-refractivity contribution in [2.75, 3.05) is 41.1 Å². The van der Waals surface area contributed by atoms with Gasteiger partial charge in [-0.15, -0.1) is 5.10 Å². The number of hydrogen-bond acceptors (Lipinski definition) is 7. The predicted octanol–water partition coefficient (Wildman–Crippen LogP) is 6.03. The van der Waals surface area contributed by atoms with Crippen LogP contribution in [0.2, 0.25) is 0 Å². The number of carbonyl (C=O) groups is 1. The summed E-state index contributed by atoms with van der Waals surface area (Å²) in [5, 5.41) is 6.80. The van der Waals surface area contributed by atoms with Crippen molar-refractivity contribution in [1.82, 2.24) is 0 Å². The standard InChI is InChI=1S/C33H32N4O3/c1-25(38)32-34-37(29-12-6-3-7-13-29)33(30-14-8-9-15-31(30)40-24-26-10-4-2-5-11-26)36(32)28-18-16-27(17-19-28)35-20-22-39-23-21-35/h2-19,33H,20-24H2,1H3/t33-/m1/s1. The molecule has 0 unspecified atom stereocenters.